The van der Waals surface area contributed by atoms with Crippen molar-refractivity contribution in [2.24, 2.45) is 0 Å². The SMILES string of the molecule is COc1cccc(CN(C(=O)CN(c2cccc(Cl)c2Cl)S(=O)(=O)c2ccccc2)C(Cc2ccccc2)C(=O)NC2CCCC2)c1. The molecule has 1 saturated carbocycles. The zero-order chi connectivity index (χ0) is 33.4. The monoisotopic (exact) mass is 693 g/mol. The number of carbonyl (C=O) groups excluding carboxylic acids is 2. The predicted octanol–water partition coefficient (Wildman–Crippen LogP) is 6.90. The first kappa shape index (κ1) is 34.3. The minimum Gasteiger partial charge on any atom is -0.497 e. The van der Waals surface area contributed by atoms with Gasteiger partial charge >= 0.3 is 0 Å². The van der Waals surface area contributed by atoms with Crippen LogP contribution in [-0.2, 0) is 32.6 Å². The Bertz CT molecular complexity index is 1790. The molecule has 0 spiro atoms. The molecule has 1 atom stereocenters. The van der Waals surface area contributed by atoms with E-state index < -0.39 is 28.5 Å². The summed E-state index contributed by atoms with van der Waals surface area (Å²) < 4.78 is 34.8. The first-order chi connectivity index (χ1) is 22.7. The van der Waals surface area contributed by atoms with Crippen molar-refractivity contribution in [1.29, 1.82) is 0 Å². The zero-order valence-electron chi connectivity index (χ0n) is 26.0. The first-order valence-electron chi connectivity index (χ1n) is 15.5. The summed E-state index contributed by atoms with van der Waals surface area (Å²) in [5, 5.41) is 3.29. The highest BCUT2D eigenvalue weighted by Crippen LogP contribution is 2.35. The lowest BCUT2D eigenvalue weighted by atomic mass is 10.0. The number of benzene rings is 4. The molecule has 8 nitrogen and oxygen atoms in total. The summed E-state index contributed by atoms with van der Waals surface area (Å²) in [7, 11) is -2.75. The molecule has 1 aliphatic carbocycles. The smallest absolute Gasteiger partial charge is 0.264 e. The van der Waals surface area contributed by atoms with Crippen LogP contribution in [0.4, 0.5) is 5.69 Å². The molecular formula is C36H37Cl2N3O5S. The molecule has 4 aromatic carbocycles. The van der Waals surface area contributed by atoms with Crippen LogP contribution in [0.2, 0.25) is 10.0 Å². The Kier molecular flexibility index (Phi) is 11.4. The third kappa shape index (κ3) is 8.46. The Labute approximate surface area is 286 Å². The standard InChI is InChI=1S/C36H37Cl2N3O5S/c1-46-29-17-10-14-27(22-29)24-40(33(23-26-12-4-2-5-13-26)36(43)39-28-15-8-9-16-28)34(42)25-41(32-21-11-20-31(37)35(32)38)47(44,45)30-18-6-3-7-19-30/h2-7,10-14,17-22,28,33H,8-9,15-16,23-25H2,1H3,(H,39,43). The molecule has 5 rings (SSSR count). The number of hydrogen-bond acceptors (Lipinski definition) is 5. The van der Waals surface area contributed by atoms with Gasteiger partial charge in [-0.25, -0.2) is 8.42 Å². The van der Waals surface area contributed by atoms with Crippen LogP contribution in [0.1, 0.15) is 36.8 Å². The van der Waals surface area contributed by atoms with E-state index >= 15 is 0 Å². The molecule has 2 amide bonds. The number of halogens is 2. The maximum atomic E-state index is 14.7. The Morgan fingerprint density at radius 1 is 0.872 bits per heavy atom. The molecule has 246 valence electrons. The van der Waals surface area contributed by atoms with Crippen LogP contribution in [0.5, 0.6) is 5.75 Å². The fourth-order valence-electron chi connectivity index (χ4n) is 5.81. The van der Waals surface area contributed by atoms with Crippen molar-refractivity contribution in [3.05, 3.63) is 124 Å². The molecule has 11 heteroatoms. The normalized spacial score (nSPS) is 13.9. The largest absolute Gasteiger partial charge is 0.497 e. The van der Waals surface area contributed by atoms with Gasteiger partial charge in [-0.1, -0.05) is 103 Å². The highest BCUT2D eigenvalue weighted by Gasteiger charge is 2.36. The van der Waals surface area contributed by atoms with Crippen LogP contribution in [0.3, 0.4) is 0 Å². The quantitative estimate of drug-likeness (QED) is 0.164. The van der Waals surface area contributed by atoms with Gasteiger partial charge in [0.05, 0.1) is 27.7 Å². The minimum atomic E-state index is -4.31. The molecule has 1 N–H and O–H groups in total. The van der Waals surface area contributed by atoms with Crippen LogP contribution < -0.4 is 14.4 Å². The van der Waals surface area contributed by atoms with Crippen molar-refractivity contribution in [2.45, 2.75) is 55.6 Å². The Morgan fingerprint density at radius 3 is 2.19 bits per heavy atom. The fraction of sp³-hybridized carbons (Fsp3) is 0.278. The maximum Gasteiger partial charge on any atom is 0.264 e. The van der Waals surface area contributed by atoms with Gasteiger partial charge < -0.3 is 15.0 Å². The van der Waals surface area contributed by atoms with Gasteiger partial charge in [0.15, 0.2) is 0 Å². The van der Waals surface area contributed by atoms with Crippen LogP contribution in [-0.4, -0.2) is 50.9 Å². The summed E-state index contributed by atoms with van der Waals surface area (Å²) >= 11 is 12.9. The summed E-state index contributed by atoms with van der Waals surface area (Å²) in [6.07, 6.45) is 3.99. The van der Waals surface area contributed by atoms with E-state index in [4.69, 9.17) is 27.9 Å². The lowest BCUT2D eigenvalue weighted by Gasteiger charge is -2.34. The molecular weight excluding hydrogens is 657 g/mol. The fourth-order valence-corrected chi connectivity index (χ4v) is 7.70. The molecule has 0 saturated heterocycles. The number of sulfonamides is 1. The van der Waals surface area contributed by atoms with E-state index in [0.717, 1.165) is 35.6 Å². The molecule has 47 heavy (non-hydrogen) atoms. The second kappa shape index (κ2) is 15.7. The number of hydrogen-bond donors (Lipinski definition) is 1. The Balaban J connectivity index is 1.59. The van der Waals surface area contributed by atoms with Gasteiger partial charge in [0, 0.05) is 19.0 Å². The van der Waals surface area contributed by atoms with Crippen molar-refractivity contribution in [3.63, 3.8) is 0 Å². The number of anilines is 1. The molecule has 0 aliphatic heterocycles. The third-order valence-corrected chi connectivity index (χ3v) is 10.9. The van der Waals surface area contributed by atoms with Crippen molar-refractivity contribution in [2.75, 3.05) is 18.0 Å². The van der Waals surface area contributed by atoms with E-state index in [0.29, 0.717) is 11.3 Å². The Morgan fingerprint density at radius 2 is 1.51 bits per heavy atom. The average Bonchev–Trinajstić information content (AvgIpc) is 3.60. The summed E-state index contributed by atoms with van der Waals surface area (Å²) in [5.41, 5.74) is 1.62. The predicted molar refractivity (Wildman–Crippen MR) is 185 cm³/mol. The number of methoxy groups -OCH3 is 1. The van der Waals surface area contributed by atoms with Crippen molar-refractivity contribution < 1.29 is 22.7 Å². The van der Waals surface area contributed by atoms with E-state index in [9.17, 15) is 18.0 Å². The maximum absolute atomic E-state index is 14.7. The molecule has 0 radical (unpaired) electrons. The number of rotatable bonds is 13. The molecule has 0 heterocycles. The lowest BCUT2D eigenvalue weighted by molar-refractivity contribution is -0.140. The number of ether oxygens (including phenoxy) is 1. The highest BCUT2D eigenvalue weighted by molar-refractivity contribution is 7.92. The topological polar surface area (TPSA) is 96.0 Å². The number of nitrogens with one attached hydrogen (secondary N) is 1. The molecule has 1 aliphatic rings. The second-order valence-electron chi connectivity index (χ2n) is 11.5. The van der Waals surface area contributed by atoms with E-state index in [-0.39, 0.29) is 45.5 Å². The Hall–Kier alpha value is -4.05. The average molecular weight is 695 g/mol. The van der Waals surface area contributed by atoms with Crippen LogP contribution in [0.15, 0.2) is 108 Å². The van der Waals surface area contributed by atoms with E-state index in [1.807, 2.05) is 36.4 Å². The second-order valence-corrected chi connectivity index (χ2v) is 14.1. The molecule has 1 unspecified atom stereocenters. The first-order valence-corrected chi connectivity index (χ1v) is 17.7. The van der Waals surface area contributed by atoms with Crippen molar-refractivity contribution in [3.8, 4) is 5.75 Å². The van der Waals surface area contributed by atoms with Gasteiger partial charge in [0.1, 0.15) is 18.3 Å². The zero-order valence-corrected chi connectivity index (χ0v) is 28.3. The molecule has 0 bridgehead atoms. The summed E-state index contributed by atoms with van der Waals surface area (Å²) in [6, 6.07) is 28.2. The minimum absolute atomic E-state index is 0.00905. The van der Waals surface area contributed by atoms with Crippen molar-refractivity contribution >= 4 is 50.7 Å². The van der Waals surface area contributed by atoms with Gasteiger partial charge in [-0.05, 0) is 60.4 Å². The number of amides is 2. The number of nitrogens with zero attached hydrogens (tertiary/aromatic N) is 2. The molecule has 0 aromatic heterocycles. The van der Waals surface area contributed by atoms with Crippen LogP contribution in [0, 0.1) is 0 Å². The summed E-state index contributed by atoms with van der Waals surface area (Å²) in [5.74, 6) is -0.301. The van der Waals surface area contributed by atoms with Gasteiger partial charge in [-0.3, -0.25) is 13.9 Å². The number of carbonyl (C=O) groups is 2. The van der Waals surface area contributed by atoms with Crippen LogP contribution in [0.25, 0.3) is 0 Å². The van der Waals surface area contributed by atoms with E-state index in [1.54, 1.807) is 55.6 Å². The molecule has 4 aromatic rings. The van der Waals surface area contributed by atoms with Gasteiger partial charge in [0.25, 0.3) is 10.0 Å². The summed E-state index contributed by atoms with van der Waals surface area (Å²) in [6.45, 7) is -0.614. The third-order valence-electron chi connectivity index (χ3n) is 8.27. The highest BCUT2D eigenvalue weighted by atomic mass is 35.5. The lowest BCUT2D eigenvalue weighted by Crippen LogP contribution is -2.54. The van der Waals surface area contributed by atoms with E-state index in [2.05, 4.69) is 5.32 Å². The molecule has 1 fully saturated rings. The van der Waals surface area contributed by atoms with Crippen molar-refractivity contribution in [1.82, 2.24) is 10.2 Å². The van der Waals surface area contributed by atoms with Gasteiger partial charge in [-0.2, -0.15) is 0 Å². The van der Waals surface area contributed by atoms with Crippen LogP contribution >= 0.6 is 23.2 Å². The van der Waals surface area contributed by atoms with E-state index in [1.165, 1.54) is 23.1 Å². The van der Waals surface area contributed by atoms with Gasteiger partial charge in [0.2, 0.25) is 11.8 Å². The van der Waals surface area contributed by atoms with Gasteiger partial charge in [-0.15, -0.1) is 0 Å². The summed E-state index contributed by atoms with van der Waals surface area (Å²) in [4.78, 5) is 30.2.